The minimum absolute atomic E-state index is 0.0328. The van der Waals surface area contributed by atoms with Crippen LogP contribution in [-0.2, 0) is 16.0 Å². The first kappa shape index (κ1) is 16.7. The number of aromatic hydroxyl groups is 1. The molecular formula is C16H21NO4S. The SMILES string of the molecule is CC(CS)C(=O)N1CC(Cc2ccccc2O)C[C@H]1C(=O)O. The van der Waals surface area contributed by atoms with E-state index in [1.165, 1.54) is 4.90 Å². The van der Waals surface area contributed by atoms with Gasteiger partial charge in [-0.15, -0.1) is 0 Å². The van der Waals surface area contributed by atoms with Crippen LogP contribution in [0, 0.1) is 11.8 Å². The van der Waals surface area contributed by atoms with E-state index in [1.807, 2.05) is 12.1 Å². The first-order valence-electron chi connectivity index (χ1n) is 7.35. The Labute approximate surface area is 135 Å². The maximum atomic E-state index is 12.3. The molecular weight excluding hydrogens is 302 g/mol. The largest absolute Gasteiger partial charge is 0.508 e. The number of nitrogens with zero attached hydrogens (tertiary/aromatic N) is 1. The zero-order valence-electron chi connectivity index (χ0n) is 12.5. The van der Waals surface area contributed by atoms with E-state index >= 15 is 0 Å². The fourth-order valence-corrected chi connectivity index (χ4v) is 3.06. The second-order valence-electron chi connectivity index (χ2n) is 5.86. The second-order valence-corrected chi connectivity index (χ2v) is 6.23. The van der Waals surface area contributed by atoms with Gasteiger partial charge in [-0.1, -0.05) is 25.1 Å². The highest BCUT2D eigenvalue weighted by Crippen LogP contribution is 2.30. The van der Waals surface area contributed by atoms with Crippen molar-refractivity contribution in [3.05, 3.63) is 29.8 Å². The Kier molecular flexibility index (Phi) is 5.34. The third-order valence-electron chi connectivity index (χ3n) is 4.15. The molecule has 5 nitrogen and oxygen atoms in total. The predicted octanol–water partition coefficient (Wildman–Crippen LogP) is 1.80. The third-order valence-corrected chi connectivity index (χ3v) is 4.70. The van der Waals surface area contributed by atoms with E-state index in [4.69, 9.17) is 0 Å². The lowest BCUT2D eigenvalue weighted by Gasteiger charge is -2.24. The minimum atomic E-state index is -0.973. The smallest absolute Gasteiger partial charge is 0.326 e. The van der Waals surface area contributed by atoms with Gasteiger partial charge >= 0.3 is 5.97 Å². The van der Waals surface area contributed by atoms with Gasteiger partial charge in [0.25, 0.3) is 0 Å². The number of carboxylic acid groups (broad SMARTS) is 1. The van der Waals surface area contributed by atoms with Crippen molar-refractivity contribution >= 4 is 24.5 Å². The Morgan fingerprint density at radius 3 is 2.68 bits per heavy atom. The van der Waals surface area contributed by atoms with Crippen LogP contribution in [0.15, 0.2) is 24.3 Å². The monoisotopic (exact) mass is 323 g/mol. The first-order chi connectivity index (χ1) is 10.4. The molecule has 6 heteroatoms. The van der Waals surface area contributed by atoms with Crippen LogP contribution in [-0.4, -0.2) is 45.3 Å². The maximum absolute atomic E-state index is 12.3. The van der Waals surface area contributed by atoms with Gasteiger partial charge < -0.3 is 15.1 Å². The topological polar surface area (TPSA) is 77.8 Å². The Hall–Kier alpha value is -1.69. The maximum Gasteiger partial charge on any atom is 0.326 e. The first-order valence-corrected chi connectivity index (χ1v) is 7.98. The minimum Gasteiger partial charge on any atom is -0.508 e. The molecule has 0 bridgehead atoms. The van der Waals surface area contributed by atoms with Gasteiger partial charge in [-0.2, -0.15) is 12.6 Å². The number of thiol groups is 1. The number of amides is 1. The molecule has 0 aromatic heterocycles. The molecule has 1 heterocycles. The Morgan fingerprint density at radius 1 is 1.41 bits per heavy atom. The molecule has 22 heavy (non-hydrogen) atoms. The Bertz CT molecular complexity index is 563. The number of para-hydroxylation sites is 1. The number of carbonyl (C=O) groups is 2. The van der Waals surface area contributed by atoms with Crippen LogP contribution >= 0.6 is 12.6 Å². The van der Waals surface area contributed by atoms with Gasteiger partial charge in [0.05, 0.1) is 0 Å². The number of aliphatic carboxylic acids is 1. The summed E-state index contributed by atoms with van der Waals surface area (Å²) in [6, 6.07) is 6.24. The van der Waals surface area contributed by atoms with Crippen LogP contribution < -0.4 is 0 Å². The molecule has 3 atom stereocenters. The molecule has 1 amide bonds. The van der Waals surface area contributed by atoms with Crippen LogP contribution in [0.2, 0.25) is 0 Å². The highest BCUT2D eigenvalue weighted by Gasteiger charge is 2.40. The number of hydrogen-bond donors (Lipinski definition) is 3. The van der Waals surface area contributed by atoms with Gasteiger partial charge in [-0.05, 0) is 30.4 Å². The molecule has 1 saturated heterocycles. The van der Waals surface area contributed by atoms with Crippen LogP contribution in [0.3, 0.4) is 0 Å². The van der Waals surface area contributed by atoms with E-state index in [0.717, 1.165) is 5.56 Å². The normalized spacial score (nSPS) is 22.5. The van der Waals surface area contributed by atoms with E-state index in [1.54, 1.807) is 19.1 Å². The van der Waals surface area contributed by atoms with Crippen molar-refractivity contribution in [1.82, 2.24) is 4.90 Å². The highest BCUT2D eigenvalue weighted by molar-refractivity contribution is 7.80. The summed E-state index contributed by atoms with van der Waals surface area (Å²) in [5.41, 5.74) is 0.785. The number of carbonyl (C=O) groups excluding carboxylic acids is 1. The number of benzene rings is 1. The summed E-state index contributed by atoms with van der Waals surface area (Å²) in [4.78, 5) is 25.2. The van der Waals surface area contributed by atoms with Crippen molar-refractivity contribution in [1.29, 1.82) is 0 Å². The van der Waals surface area contributed by atoms with Crippen LogP contribution in [0.5, 0.6) is 5.75 Å². The van der Waals surface area contributed by atoms with E-state index in [-0.39, 0.29) is 23.5 Å². The van der Waals surface area contributed by atoms with Gasteiger partial charge in [-0.3, -0.25) is 4.79 Å². The van der Waals surface area contributed by atoms with Gasteiger partial charge in [0, 0.05) is 18.2 Å². The predicted molar refractivity (Wildman–Crippen MR) is 86.1 cm³/mol. The summed E-state index contributed by atoms with van der Waals surface area (Å²) in [6.45, 7) is 2.16. The summed E-state index contributed by atoms with van der Waals surface area (Å²) in [6.07, 6.45) is 0.976. The summed E-state index contributed by atoms with van der Waals surface area (Å²) in [5, 5.41) is 19.2. The zero-order chi connectivity index (χ0) is 16.3. The zero-order valence-corrected chi connectivity index (χ0v) is 13.4. The molecule has 2 N–H and O–H groups in total. The lowest BCUT2D eigenvalue weighted by atomic mass is 9.96. The van der Waals surface area contributed by atoms with Crippen molar-refractivity contribution in [3.8, 4) is 5.75 Å². The highest BCUT2D eigenvalue weighted by atomic mass is 32.1. The second kappa shape index (κ2) is 7.05. The summed E-state index contributed by atoms with van der Waals surface area (Å²) >= 11 is 4.12. The summed E-state index contributed by atoms with van der Waals surface area (Å²) in [5.74, 6) is -0.796. The number of likely N-dealkylation sites (tertiary alicyclic amines) is 1. The van der Waals surface area contributed by atoms with E-state index in [0.29, 0.717) is 25.1 Å². The molecule has 1 fully saturated rings. The molecule has 1 aromatic rings. The van der Waals surface area contributed by atoms with Gasteiger partial charge in [-0.25, -0.2) is 4.79 Å². The summed E-state index contributed by atoms with van der Waals surface area (Å²) < 4.78 is 0. The van der Waals surface area contributed by atoms with Crippen molar-refractivity contribution in [2.24, 2.45) is 11.8 Å². The Morgan fingerprint density at radius 2 is 2.09 bits per heavy atom. The molecule has 0 saturated carbocycles. The fourth-order valence-electron chi connectivity index (χ4n) is 2.90. The molecule has 1 aliphatic rings. The molecule has 0 spiro atoms. The van der Waals surface area contributed by atoms with E-state index < -0.39 is 12.0 Å². The van der Waals surface area contributed by atoms with E-state index in [9.17, 15) is 19.8 Å². The van der Waals surface area contributed by atoms with Crippen molar-refractivity contribution < 1.29 is 19.8 Å². The van der Waals surface area contributed by atoms with Gasteiger partial charge in [0.1, 0.15) is 11.8 Å². The molecule has 2 unspecified atom stereocenters. The van der Waals surface area contributed by atoms with Gasteiger partial charge in [0.2, 0.25) is 5.91 Å². The number of hydrogen-bond acceptors (Lipinski definition) is 4. The number of carboxylic acids is 1. The van der Waals surface area contributed by atoms with Crippen LogP contribution in [0.1, 0.15) is 18.9 Å². The quantitative estimate of drug-likeness (QED) is 0.722. The lowest BCUT2D eigenvalue weighted by molar-refractivity contribution is -0.149. The molecule has 1 aromatic carbocycles. The van der Waals surface area contributed by atoms with Crippen molar-refractivity contribution in [3.63, 3.8) is 0 Å². The average Bonchev–Trinajstić information content (AvgIpc) is 2.92. The number of phenols is 1. The fraction of sp³-hybridized carbons (Fsp3) is 0.500. The van der Waals surface area contributed by atoms with Crippen LogP contribution in [0.4, 0.5) is 0 Å². The third kappa shape index (κ3) is 3.55. The lowest BCUT2D eigenvalue weighted by Crippen LogP contribution is -2.43. The average molecular weight is 323 g/mol. The molecule has 120 valence electrons. The molecule has 1 aliphatic heterocycles. The molecule has 0 radical (unpaired) electrons. The van der Waals surface area contributed by atoms with Gasteiger partial charge in [0.15, 0.2) is 0 Å². The Balaban J connectivity index is 2.12. The standard InChI is InChI=1S/C16H21NO4S/c1-10(9-22)15(19)17-8-11(7-13(17)16(20)21)6-12-4-2-3-5-14(12)18/h2-5,10-11,13,18,22H,6-9H2,1H3,(H,20,21)/t10?,11?,13-/m0/s1. The molecule has 0 aliphatic carbocycles. The number of phenolic OH excluding ortho intramolecular Hbond substituents is 1. The summed E-state index contributed by atoms with van der Waals surface area (Å²) in [7, 11) is 0. The van der Waals surface area contributed by atoms with Crippen molar-refractivity contribution in [2.75, 3.05) is 12.3 Å². The molecule has 2 rings (SSSR count). The van der Waals surface area contributed by atoms with Crippen LogP contribution in [0.25, 0.3) is 0 Å². The van der Waals surface area contributed by atoms with Crippen molar-refractivity contribution in [2.45, 2.75) is 25.8 Å². The number of rotatable bonds is 5. The van der Waals surface area contributed by atoms with E-state index in [2.05, 4.69) is 12.6 Å².